The van der Waals surface area contributed by atoms with Crippen LogP contribution in [0, 0.1) is 6.92 Å². The zero-order valence-electron chi connectivity index (χ0n) is 12.2. The van der Waals surface area contributed by atoms with Crippen molar-refractivity contribution in [1.82, 2.24) is 20.0 Å². The highest BCUT2D eigenvalue weighted by Crippen LogP contribution is 2.32. The van der Waals surface area contributed by atoms with Crippen LogP contribution >= 0.6 is 0 Å². The van der Waals surface area contributed by atoms with Gasteiger partial charge in [0, 0.05) is 6.20 Å². The first kappa shape index (κ1) is 18.1. The van der Waals surface area contributed by atoms with E-state index in [1.165, 1.54) is 18.6 Å². The molecule has 20 heavy (non-hydrogen) atoms. The predicted molar refractivity (Wildman–Crippen MR) is 71.6 cm³/mol. The summed E-state index contributed by atoms with van der Waals surface area (Å²) < 4.78 is 38.1. The number of pyridine rings is 1. The second-order valence-electron chi connectivity index (χ2n) is 3.20. The van der Waals surface area contributed by atoms with Crippen LogP contribution in [0.4, 0.5) is 13.2 Å². The van der Waals surface area contributed by atoms with Gasteiger partial charge in [-0.05, 0) is 18.6 Å². The molecule has 2 heterocycles. The van der Waals surface area contributed by atoms with Crippen molar-refractivity contribution in [1.29, 1.82) is 0 Å². The summed E-state index contributed by atoms with van der Waals surface area (Å²) in [5.74, 6) is -0.317. The van der Waals surface area contributed by atoms with Gasteiger partial charge in [0.15, 0.2) is 5.82 Å². The van der Waals surface area contributed by atoms with Gasteiger partial charge in [-0.3, -0.25) is 0 Å². The van der Waals surface area contributed by atoms with Crippen LogP contribution in [0.15, 0.2) is 24.7 Å². The van der Waals surface area contributed by atoms with E-state index in [9.17, 15) is 13.2 Å². The van der Waals surface area contributed by atoms with Crippen LogP contribution in [0.3, 0.4) is 0 Å². The smallest absolute Gasteiger partial charge is 0.235 e. The van der Waals surface area contributed by atoms with Gasteiger partial charge < -0.3 is 0 Å². The second kappa shape index (κ2) is 8.29. The highest BCUT2D eigenvalue weighted by atomic mass is 19.4. The molecule has 0 bridgehead atoms. The number of aryl methyl sites for hydroxylation is 1. The topological polar surface area (TPSA) is 43.6 Å². The van der Waals surface area contributed by atoms with Crippen LogP contribution in [0.5, 0.6) is 0 Å². The minimum absolute atomic E-state index is 0.317. The maximum Gasteiger partial charge on any atom is 0.420 e. The molecule has 0 N–H and O–H groups in total. The number of alkyl halides is 3. The molecular formula is C13H19F3N4. The Morgan fingerprint density at radius 3 is 1.95 bits per heavy atom. The van der Waals surface area contributed by atoms with Crippen molar-refractivity contribution < 1.29 is 13.2 Å². The van der Waals surface area contributed by atoms with Gasteiger partial charge in [-0.15, -0.1) is 4.80 Å². The van der Waals surface area contributed by atoms with Crippen molar-refractivity contribution in [2.75, 3.05) is 0 Å². The van der Waals surface area contributed by atoms with E-state index < -0.39 is 11.7 Å². The van der Waals surface area contributed by atoms with Gasteiger partial charge in [0.1, 0.15) is 5.56 Å². The lowest BCUT2D eigenvalue weighted by Crippen LogP contribution is -2.14. The summed E-state index contributed by atoms with van der Waals surface area (Å²) in [5.41, 5.74) is -0.410. The third-order valence-electron chi connectivity index (χ3n) is 1.92. The molecular weight excluding hydrogens is 269 g/mol. The number of hydrogen-bond donors (Lipinski definition) is 0. The van der Waals surface area contributed by atoms with E-state index in [-0.39, 0.29) is 5.82 Å². The molecule has 0 aromatic carbocycles. The predicted octanol–water partition coefficient (Wildman–Crippen LogP) is 4.04. The Bertz CT molecular complexity index is 493. The van der Waals surface area contributed by atoms with Gasteiger partial charge in [0.25, 0.3) is 0 Å². The lowest BCUT2D eigenvalue weighted by atomic mass is 10.2. The van der Waals surface area contributed by atoms with Crippen molar-refractivity contribution in [2.24, 2.45) is 0 Å². The summed E-state index contributed by atoms with van der Waals surface area (Å²) in [6.45, 7) is 9.54. The van der Waals surface area contributed by atoms with E-state index in [2.05, 4.69) is 15.2 Å². The highest BCUT2D eigenvalue weighted by Gasteiger charge is 2.35. The van der Waals surface area contributed by atoms with Gasteiger partial charge in [-0.2, -0.15) is 23.4 Å². The first-order valence-corrected chi connectivity index (χ1v) is 6.39. The van der Waals surface area contributed by atoms with E-state index >= 15 is 0 Å². The van der Waals surface area contributed by atoms with Gasteiger partial charge in [-0.1, -0.05) is 27.7 Å². The van der Waals surface area contributed by atoms with Gasteiger partial charge in [-0.25, -0.2) is 4.98 Å². The first-order chi connectivity index (χ1) is 9.48. The van der Waals surface area contributed by atoms with Gasteiger partial charge >= 0.3 is 6.18 Å². The quantitative estimate of drug-likeness (QED) is 0.795. The summed E-state index contributed by atoms with van der Waals surface area (Å²) in [6.07, 6.45) is -0.542. The Hall–Kier alpha value is -1.92. The molecule has 112 valence electrons. The monoisotopic (exact) mass is 288 g/mol. The van der Waals surface area contributed by atoms with Crippen LogP contribution in [0.25, 0.3) is 5.82 Å². The molecule has 0 radical (unpaired) electrons. The van der Waals surface area contributed by atoms with Crippen LogP contribution in [-0.2, 0) is 6.18 Å². The number of nitrogens with zero attached hydrogens (tertiary/aromatic N) is 4. The average Bonchev–Trinajstić information content (AvgIpc) is 2.96. The fourth-order valence-electron chi connectivity index (χ4n) is 1.26. The fourth-order valence-corrected chi connectivity index (χ4v) is 1.26. The minimum Gasteiger partial charge on any atom is -0.235 e. The summed E-state index contributed by atoms with van der Waals surface area (Å²) in [6, 6.07) is 1.02. The molecule has 0 aliphatic carbocycles. The van der Waals surface area contributed by atoms with Crippen LogP contribution in [-0.4, -0.2) is 20.0 Å². The Morgan fingerprint density at radius 1 is 1.00 bits per heavy atom. The molecule has 0 unspecified atom stereocenters. The molecule has 0 aliphatic rings. The summed E-state index contributed by atoms with van der Waals surface area (Å²) in [5, 5.41) is 7.27. The average molecular weight is 288 g/mol. The molecule has 2 aromatic heterocycles. The van der Waals surface area contributed by atoms with Crippen molar-refractivity contribution in [3.63, 3.8) is 0 Å². The zero-order chi connectivity index (χ0) is 15.8. The molecule has 7 heteroatoms. The van der Waals surface area contributed by atoms with E-state index in [0.29, 0.717) is 5.56 Å². The molecule has 0 saturated carbocycles. The standard InChI is InChI=1S/C9H7F3N4.2C2H6/c1-6-4-7(9(10,11)12)8(13-5-6)16-14-2-3-15-16;2*1-2/h2-5H,1H3;2*1-2H3. The third-order valence-corrected chi connectivity index (χ3v) is 1.92. The number of halogens is 3. The molecule has 0 atom stereocenters. The van der Waals surface area contributed by atoms with Crippen LogP contribution in [0.2, 0.25) is 0 Å². The molecule has 0 amide bonds. The number of hydrogen-bond acceptors (Lipinski definition) is 3. The first-order valence-electron chi connectivity index (χ1n) is 6.39. The maximum atomic E-state index is 12.7. The normalized spacial score (nSPS) is 10.0. The van der Waals surface area contributed by atoms with E-state index in [1.54, 1.807) is 6.92 Å². The fraction of sp³-hybridized carbons (Fsp3) is 0.462. The minimum atomic E-state index is -4.47. The number of aromatic nitrogens is 4. The van der Waals surface area contributed by atoms with Crippen molar-refractivity contribution in [3.05, 3.63) is 35.8 Å². The Kier molecular flexibility index (Phi) is 7.49. The Morgan fingerprint density at radius 2 is 1.50 bits per heavy atom. The summed E-state index contributed by atoms with van der Waals surface area (Å²) in [4.78, 5) is 4.55. The van der Waals surface area contributed by atoms with Crippen molar-refractivity contribution >= 4 is 0 Å². The molecule has 4 nitrogen and oxygen atoms in total. The lowest BCUT2D eigenvalue weighted by molar-refractivity contribution is -0.137. The van der Waals surface area contributed by atoms with Crippen molar-refractivity contribution in [3.8, 4) is 5.82 Å². The van der Waals surface area contributed by atoms with E-state index in [1.807, 2.05) is 27.7 Å². The molecule has 0 saturated heterocycles. The molecule has 0 aliphatic heterocycles. The van der Waals surface area contributed by atoms with E-state index in [0.717, 1.165) is 10.9 Å². The summed E-state index contributed by atoms with van der Waals surface area (Å²) in [7, 11) is 0. The van der Waals surface area contributed by atoms with Gasteiger partial charge in [0.05, 0.1) is 12.4 Å². The molecule has 0 spiro atoms. The maximum absolute atomic E-state index is 12.7. The zero-order valence-corrected chi connectivity index (χ0v) is 12.2. The Labute approximate surface area is 116 Å². The number of rotatable bonds is 1. The molecule has 2 rings (SSSR count). The third kappa shape index (κ3) is 4.64. The summed E-state index contributed by atoms with van der Waals surface area (Å²) >= 11 is 0. The van der Waals surface area contributed by atoms with E-state index in [4.69, 9.17) is 0 Å². The second-order valence-corrected chi connectivity index (χ2v) is 3.20. The largest absolute Gasteiger partial charge is 0.420 e. The highest BCUT2D eigenvalue weighted by molar-refractivity contribution is 5.36. The lowest BCUT2D eigenvalue weighted by Gasteiger charge is -2.11. The van der Waals surface area contributed by atoms with Gasteiger partial charge in [0.2, 0.25) is 0 Å². The van der Waals surface area contributed by atoms with Crippen LogP contribution in [0.1, 0.15) is 38.8 Å². The van der Waals surface area contributed by atoms with Crippen LogP contribution < -0.4 is 0 Å². The molecule has 0 fully saturated rings. The Balaban J connectivity index is 0.000000829. The SMILES string of the molecule is CC.CC.Cc1cnc(-n2nccn2)c(C(F)(F)F)c1. The van der Waals surface area contributed by atoms with Crippen molar-refractivity contribution in [2.45, 2.75) is 40.8 Å². The molecule has 2 aromatic rings.